The fourth-order valence-electron chi connectivity index (χ4n) is 5.05. The summed E-state index contributed by atoms with van der Waals surface area (Å²) in [6.45, 7) is 9.42. The second-order valence-electron chi connectivity index (χ2n) is 9.50. The number of ether oxygens (including phenoxy) is 1. The van der Waals surface area contributed by atoms with E-state index in [4.69, 9.17) is 10.5 Å². The van der Waals surface area contributed by atoms with E-state index in [0.29, 0.717) is 37.3 Å². The molecule has 2 aromatic rings. The number of likely N-dealkylation sites (N-methyl/N-ethyl adjacent to an activating group) is 1. The number of aromatic nitrogens is 1. The number of nitriles is 1. The van der Waals surface area contributed by atoms with Gasteiger partial charge in [0.15, 0.2) is 5.78 Å². The second-order valence-corrected chi connectivity index (χ2v) is 9.50. The summed E-state index contributed by atoms with van der Waals surface area (Å²) in [4.78, 5) is 28.0. The zero-order chi connectivity index (χ0) is 23.9. The molecule has 1 unspecified atom stereocenters. The highest BCUT2D eigenvalue weighted by Crippen LogP contribution is 2.49. The van der Waals surface area contributed by atoms with E-state index < -0.39 is 5.92 Å². The van der Waals surface area contributed by atoms with E-state index in [1.54, 1.807) is 4.90 Å². The van der Waals surface area contributed by atoms with E-state index in [-0.39, 0.29) is 35.1 Å². The van der Waals surface area contributed by atoms with Crippen LogP contribution in [0.25, 0.3) is 10.9 Å². The molecule has 33 heavy (non-hydrogen) atoms. The van der Waals surface area contributed by atoms with Crippen molar-refractivity contribution in [2.45, 2.75) is 53.0 Å². The van der Waals surface area contributed by atoms with Crippen LogP contribution in [0.15, 0.2) is 53.3 Å². The number of Topliss-reactive ketones (excluding diaryl/α,β-unsaturated/α-hetero) is 1. The number of nitrogens with zero attached hydrogens (tertiary/aromatic N) is 3. The molecule has 0 radical (unpaired) electrons. The van der Waals surface area contributed by atoms with Crippen molar-refractivity contribution in [3.63, 3.8) is 0 Å². The third kappa shape index (κ3) is 3.91. The van der Waals surface area contributed by atoms with Crippen LogP contribution in [0.2, 0.25) is 0 Å². The Morgan fingerprint density at radius 1 is 1.27 bits per heavy atom. The van der Waals surface area contributed by atoms with Crippen LogP contribution in [0.4, 0.5) is 0 Å². The van der Waals surface area contributed by atoms with E-state index in [2.05, 4.69) is 6.07 Å². The number of allylic oxidation sites excluding steroid dienone is 3. The van der Waals surface area contributed by atoms with Gasteiger partial charge in [-0.15, -0.1) is 0 Å². The van der Waals surface area contributed by atoms with Crippen LogP contribution in [-0.2, 0) is 20.9 Å². The van der Waals surface area contributed by atoms with Crippen molar-refractivity contribution in [2.24, 2.45) is 11.1 Å². The Balaban J connectivity index is 1.89. The molecule has 1 atom stereocenters. The van der Waals surface area contributed by atoms with Gasteiger partial charge >= 0.3 is 0 Å². The summed E-state index contributed by atoms with van der Waals surface area (Å²) in [6, 6.07) is 9.94. The molecule has 1 aliphatic heterocycles. The van der Waals surface area contributed by atoms with Crippen LogP contribution in [0.1, 0.15) is 52.0 Å². The standard InChI is InChI=1S/C26H30N4O3/c1-5-29(6-2)22(32)15-30-14-18(16-9-7-8-10-19(16)30)23-17(13-27)25(28)33-21-12-26(3,4)11-20(31)24(21)23/h7-10,14,23H,5-6,11-12,15,28H2,1-4H3. The Hall–Kier alpha value is -3.53. The Bertz CT molecular complexity index is 1240. The summed E-state index contributed by atoms with van der Waals surface area (Å²) in [6.07, 6.45) is 2.84. The van der Waals surface area contributed by atoms with Gasteiger partial charge in [-0.3, -0.25) is 9.59 Å². The van der Waals surface area contributed by atoms with Crippen LogP contribution in [0.5, 0.6) is 0 Å². The third-order valence-corrected chi connectivity index (χ3v) is 6.63. The molecule has 7 heteroatoms. The second kappa shape index (κ2) is 8.43. The van der Waals surface area contributed by atoms with Gasteiger partial charge in [-0.2, -0.15) is 5.26 Å². The SMILES string of the molecule is CCN(CC)C(=O)Cn1cc(C2C(C#N)=C(N)OC3=C2C(=O)CC(C)(C)C3)c2ccccc21. The first-order valence-electron chi connectivity index (χ1n) is 11.4. The van der Waals surface area contributed by atoms with Gasteiger partial charge in [-0.1, -0.05) is 32.0 Å². The zero-order valence-electron chi connectivity index (χ0n) is 19.6. The third-order valence-electron chi connectivity index (χ3n) is 6.63. The lowest BCUT2D eigenvalue weighted by Crippen LogP contribution is -2.33. The van der Waals surface area contributed by atoms with Gasteiger partial charge in [-0.25, -0.2) is 0 Å². The lowest BCUT2D eigenvalue weighted by atomic mass is 9.70. The molecule has 7 nitrogen and oxygen atoms in total. The number of benzene rings is 1. The number of carbonyl (C=O) groups excluding carboxylic acids is 2. The number of amides is 1. The molecule has 0 saturated carbocycles. The molecule has 1 aromatic heterocycles. The first-order chi connectivity index (χ1) is 15.7. The molecule has 0 spiro atoms. The maximum Gasteiger partial charge on any atom is 0.242 e. The fourth-order valence-corrected chi connectivity index (χ4v) is 5.05. The quantitative estimate of drug-likeness (QED) is 0.749. The summed E-state index contributed by atoms with van der Waals surface area (Å²) < 4.78 is 7.73. The number of fused-ring (bicyclic) bond motifs is 1. The number of rotatable bonds is 5. The Kier molecular flexibility index (Phi) is 5.79. The summed E-state index contributed by atoms with van der Waals surface area (Å²) >= 11 is 0. The molecule has 1 amide bonds. The van der Waals surface area contributed by atoms with Crippen LogP contribution in [0.3, 0.4) is 0 Å². The van der Waals surface area contributed by atoms with Crippen LogP contribution in [-0.4, -0.2) is 34.2 Å². The first-order valence-corrected chi connectivity index (χ1v) is 11.4. The van der Waals surface area contributed by atoms with Crippen molar-refractivity contribution in [1.29, 1.82) is 5.26 Å². The highest BCUT2D eigenvalue weighted by Gasteiger charge is 2.43. The number of para-hydroxylation sites is 1. The van der Waals surface area contributed by atoms with Crippen LogP contribution < -0.4 is 5.73 Å². The van der Waals surface area contributed by atoms with E-state index >= 15 is 0 Å². The van der Waals surface area contributed by atoms with E-state index in [0.717, 1.165) is 16.5 Å². The topological polar surface area (TPSA) is 101 Å². The Morgan fingerprint density at radius 2 is 1.97 bits per heavy atom. The smallest absolute Gasteiger partial charge is 0.242 e. The van der Waals surface area contributed by atoms with Gasteiger partial charge in [0.05, 0.1) is 5.92 Å². The molecular weight excluding hydrogens is 416 g/mol. The maximum absolute atomic E-state index is 13.3. The van der Waals surface area contributed by atoms with Gasteiger partial charge in [0.1, 0.15) is 23.9 Å². The number of nitrogens with two attached hydrogens (primary N) is 1. The molecule has 172 valence electrons. The van der Waals surface area contributed by atoms with Gasteiger partial charge in [0.2, 0.25) is 11.8 Å². The first kappa shape index (κ1) is 22.7. The van der Waals surface area contributed by atoms with E-state index in [9.17, 15) is 14.9 Å². The van der Waals surface area contributed by atoms with E-state index in [1.165, 1.54) is 0 Å². The van der Waals surface area contributed by atoms with Crippen molar-refractivity contribution >= 4 is 22.6 Å². The van der Waals surface area contributed by atoms with E-state index in [1.807, 2.05) is 62.7 Å². The minimum Gasteiger partial charge on any atom is -0.444 e. The molecule has 4 rings (SSSR count). The van der Waals surface area contributed by atoms with Gasteiger partial charge in [0, 0.05) is 48.6 Å². The van der Waals surface area contributed by atoms with Crippen molar-refractivity contribution < 1.29 is 14.3 Å². The zero-order valence-corrected chi connectivity index (χ0v) is 19.6. The minimum atomic E-state index is -0.614. The highest BCUT2D eigenvalue weighted by molar-refractivity contribution is 6.01. The average molecular weight is 447 g/mol. The largest absolute Gasteiger partial charge is 0.444 e. The molecule has 1 aliphatic carbocycles. The molecule has 2 heterocycles. The summed E-state index contributed by atoms with van der Waals surface area (Å²) in [5.74, 6) is -0.0264. The predicted molar refractivity (Wildman–Crippen MR) is 126 cm³/mol. The highest BCUT2D eigenvalue weighted by atomic mass is 16.5. The lowest BCUT2D eigenvalue weighted by molar-refractivity contribution is -0.131. The summed E-state index contributed by atoms with van der Waals surface area (Å²) in [7, 11) is 0. The van der Waals surface area contributed by atoms with Crippen molar-refractivity contribution in [2.75, 3.05) is 13.1 Å². The molecule has 2 aliphatic rings. The maximum atomic E-state index is 13.3. The molecule has 0 fully saturated rings. The number of ketones is 1. The summed E-state index contributed by atoms with van der Waals surface area (Å²) in [5, 5.41) is 10.9. The molecule has 2 N–H and O–H groups in total. The van der Waals surface area contributed by atoms with Crippen LogP contribution >= 0.6 is 0 Å². The van der Waals surface area contributed by atoms with Crippen molar-refractivity contribution in [1.82, 2.24) is 9.47 Å². The van der Waals surface area contributed by atoms with Crippen molar-refractivity contribution in [3.05, 3.63) is 58.8 Å². The lowest BCUT2D eigenvalue weighted by Gasteiger charge is -2.37. The summed E-state index contributed by atoms with van der Waals surface area (Å²) in [5.41, 5.74) is 8.36. The molecule has 0 bridgehead atoms. The predicted octanol–water partition coefficient (Wildman–Crippen LogP) is 3.96. The number of carbonyl (C=O) groups is 2. The normalized spacial score (nSPS) is 19.8. The monoisotopic (exact) mass is 446 g/mol. The molecule has 1 aromatic carbocycles. The number of hydrogen-bond donors (Lipinski definition) is 1. The van der Waals surface area contributed by atoms with Gasteiger partial charge in [0.25, 0.3) is 0 Å². The Labute approximate surface area is 194 Å². The average Bonchev–Trinajstić information content (AvgIpc) is 3.11. The molecule has 0 saturated heterocycles. The fraction of sp³-hybridized carbons (Fsp3) is 0.423. The van der Waals surface area contributed by atoms with Crippen LogP contribution in [0, 0.1) is 16.7 Å². The minimum absolute atomic E-state index is 0.0187. The van der Waals surface area contributed by atoms with Crippen molar-refractivity contribution in [3.8, 4) is 6.07 Å². The van der Waals surface area contributed by atoms with Gasteiger partial charge < -0.3 is 19.9 Å². The molecular formula is C26H30N4O3. The van der Waals surface area contributed by atoms with Gasteiger partial charge in [-0.05, 0) is 30.9 Å². The Morgan fingerprint density at radius 3 is 2.64 bits per heavy atom. The number of hydrogen-bond acceptors (Lipinski definition) is 5.